The van der Waals surface area contributed by atoms with Crippen LogP contribution in [0.15, 0.2) is 29.2 Å². The monoisotopic (exact) mass is 298 g/mol. The Morgan fingerprint density at radius 2 is 1.60 bits per heavy atom. The van der Waals surface area contributed by atoms with E-state index in [9.17, 15) is 8.42 Å². The Bertz CT molecular complexity index is 492. The lowest BCUT2D eigenvalue weighted by Crippen LogP contribution is -2.33. The van der Waals surface area contributed by atoms with Crippen LogP contribution in [0.5, 0.6) is 0 Å². The molecule has 4 nitrogen and oxygen atoms in total. The Balaban J connectivity index is 3.07. The molecule has 0 amide bonds. The zero-order valence-corrected chi connectivity index (χ0v) is 13.3. The SMILES string of the molecule is CCCCN(CCCC)S(=O)(=O)c1ccccc1CN. The van der Waals surface area contributed by atoms with E-state index in [1.807, 2.05) is 6.07 Å². The van der Waals surface area contributed by atoms with Gasteiger partial charge in [-0.25, -0.2) is 8.42 Å². The predicted octanol–water partition coefficient (Wildman–Crippen LogP) is 2.74. The van der Waals surface area contributed by atoms with E-state index in [1.165, 1.54) is 0 Å². The average molecular weight is 298 g/mol. The van der Waals surface area contributed by atoms with E-state index in [1.54, 1.807) is 22.5 Å². The molecule has 0 atom stereocenters. The summed E-state index contributed by atoms with van der Waals surface area (Å²) in [5.41, 5.74) is 6.35. The number of benzene rings is 1. The van der Waals surface area contributed by atoms with Gasteiger partial charge in [0.05, 0.1) is 4.90 Å². The molecule has 0 aliphatic carbocycles. The fraction of sp³-hybridized carbons (Fsp3) is 0.600. The number of nitrogens with two attached hydrogens (primary N) is 1. The molecule has 1 aromatic carbocycles. The van der Waals surface area contributed by atoms with Crippen molar-refractivity contribution in [3.05, 3.63) is 29.8 Å². The summed E-state index contributed by atoms with van der Waals surface area (Å²) in [6, 6.07) is 7.01. The minimum atomic E-state index is -3.43. The number of hydrogen-bond acceptors (Lipinski definition) is 3. The normalized spacial score (nSPS) is 12.0. The Hall–Kier alpha value is -0.910. The first-order valence-corrected chi connectivity index (χ1v) is 8.80. The summed E-state index contributed by atoms with van der Waals surface area (Å²) in [4.78, 5) is 0.356. The zero-order chi connectivity index (χ0) is 15.0. The van der Waals surface area contributed by atoms with Crippen molar-refractivity contribution in [3.8, 4) is 0 Å². The molecule has 1 rings (SSSR count). The molecule has 0 fully saturated rings. The number of unbranched alkanes of at least 4 members (excludes halogenated alkanes) is 2. The van der Waals surface area contributed by atoms with Gasteiger partial charge in [0.25, 0.3) is 0 Å². The Labute approximate surface area is 123 Å². The third kappa shape index (κ3) is 4.30. The van der Waals surface area contributed by atoms with Crippen molar-refractivity contribution >= 4 is 10.0 Å². The predicted molar refractivity (Wildman–Crippen MR) is 82.9 cm³/mol. The topological polar surface area (TPSA) is 63.4 Å². The number of rotatable bonds is 9. The van der Waals surface area contributed by atoms with Gasteiger partial charge in [-0.15, -0.1) is 0 Å². The van der Waals surface area contributed by atoms with Crippen LogP contribution in [0.1, 0.15) is 45.1 Å². The highest BCUT2D eigenvalue weighted by Gasteiger charge is 2.25. The van der Waals surface area contributed by atoms with E-state index in [2.05, 4.69) is 13.8 Å². The summed E-state index contributed by atoms with van der Waals surface area (Å²) in [5.74, 6) is 0. The second-order valence-electron chi connectivity index (χ2n) is 4.92. The van der Waals surface area contributed by atoms with Crippen LogP contribution >= 0.6 is 0 Å². The van der Waals surface area contributed by atoms with Gasteiger partial charge in [0.2, 0.25) is 10.0 Å². The molecule has 114 valence electrons. The molecule has 0 radical (unpaired) electrons. The van der Waals surface area contributed by atoms with Crippen LogP contribution in [0.25, 0.3) is 0 Å². The molecule has 0 aliphatic rings. The summed E-state index contributed by atoms with van der Waals surface area (Å²) < 4.78 is 27.2. The zero-order valence-electron chi connectivity index (χ0n) is 12.5. The lowest BCUT2D eigenvalue weighted by Gasteiger charge is -2.23. The minimum Gasteiger partial charge on any atom is -0.326 e. The van der Waals surface area contributed by atoms with Crippen LogP contribution in [0, 0.1) is 0 Å². The van der Waals surface area contributed by atoms with Crippen molar-refractivity contribution in [1.29, 1.82) is 0 Å². The largest absolute Gasteiger partial charge is 0.326 e. The highest BCUT2D eigenvalue weighted by molar-refractivity contribution is 7.89. The Morgan fingerprint density at radius 1 is 1.05 bits per heavy atom. The van der Waals surface area contributed by atoms with Gasteiger partial charge in [-0.3, -0.25) is 0 Å². The first kappa shape index (κ1) is 17.1. The summed E-state index contributed by atoms with van der Waals surface area (Å²) in [7, 11) is -3.43. The lowest BCUT2D eigenvalue weighted by atomic mass is 10.2. The number of nitrogens with zero attached hydrogens (tertiary/aromatic N) is 1. The van der Waals surface area contributed by atoms with Gasteiger partial charge in [-0.05, 0) is 24.5 Å². The third-order valence-electron chi connectivity index (χ3n) is 3.33. The smallest absolute Gasteiger partial charge is 0.243 e. The molecule has 0 heterocycles. The van der Waals surface area contributed by atoms with Crippen molar-refractivity contribution in [1.82, 2.24) is 4.31 Å². The fourth-order valence-electron chi connectivity index (χ4n) is 2.08. The second-order valence-corrected chi connectivity index (χ2v) is 6.83. The van der Waals surface area contributed by atoms with Crippen molar-refractivity contribution in [2.75, 3.05) is 13.1 Å². The first-order valence-electron chi connectivity index (χ1n) is 7.36. The second kappa shape index (κ2) is 8.39. The Kier molecular flexibility index (Phi) is 7.19. The van der Waals surface area contributed by atoms with E-state index < -0.39 is 10.0 Å². The van der Waals surface area contributed by atoms with Gasteiger partial charge >= 0.3 is 0 Å². The molecule has 1 aromatic rings. The number of sulfonamides is 1. The molecule has 5 heteroatoms. The highest BCUT2D eigenvalue weighted by atomic mass is 32.2. The van der Waals surface area contributed by atoms with Gasteiger partial charge in [0.15, 0.2) is 0 Å². The molecule has 0 saturated carbocycles. The summed E-state index contributed by atoms with van der Waals surface area (Å²) in [5, 5.41) is 0. The maximum Gasteiger partial charge on any atom is 0.243 e. The van der Waals surface area contributed by atoms with E-state index in [4.69, 9.17) is 5.73 Å². The lowest BCUT2D eigenvalue weighted by molar-refractivity contribution is 0.395. The average Bonchev–Trinajstić information content (AvgIpc) is 2.47. The molecule has 0 saturated heterocycles. The third-order valence-corrected chi connectivity index (χ3v) is 5.33. The summed E-state index contributed by atoms with van der Waals surface area (Å²) >= 11 is 0. The van der Waals surface area contributed by atoms with Crippen LogP contribution in [-0.4, -0.2) is 25.8 Å². The van der Waals surface area contributed by atoms with Crippen LogP contribution < -0.4 is 5.73 Å². The summed E-state index contributed by atoms with van der Waals surface area (Å²) in [6.07, 6.45) is 3.73. The van der Waals surface area contributed by atoms with Gasteiger partial charge in [-0.2, -0.15) is 4.31 Å². The van der Waals surface area contributed by atoms with E-state index in [0.29, 0.717) is 23.5 Å². The molecule has 2 N–H and O–H groups in total. The van der Waals surface area contributed by atoms with E-state index >= 15 is 0 Å². The molecular formula is C15H26N2O2S. The maximum absolute atomic E-state index is 12.8. The van der Waals surface area contributed by atoms with Gasteiger partial charge < -0.3 is 5.73 Å². The van der Waals surface area contributed by atoms with E-state index in [-0.39, 0.29) is 6.54 Å². The van der Waals surface area contributed by atoms with Gasteiger partial charge in [0, 0.05) is 19.6 Å². The van der Waals surface area contributed by atoms with Crippen molar-refractivity contribution in [2.24, 2.45) is 5.73 Å². The molecule has 0 aliphatic heterocycles. The fourth-order valence-corrected chi connectivity index (χ4v) is 3.83. The molecule has 0 bridgehead atoms. The summed E-state index contributed by atoms with van der Waals surface area (Å²) in [6.45, 7) is 5.54. The van der Waals surface area contributed by atoms with Crippen LogP contribution in [-0.2, 0) is 16.6 Å². The standard InChI is InChI=1S/C15H26N2O2S/c1-3-5-11-17(12-6-4-2)20(18,19)15-10-8-7-9-14(15)13-16/h7-10H,3-6,11-13,16H2,1-2H3. The molecular weight excluding hydrogens is 272 g/mol. The van der Waals surface area contributed by atoms with Crippen molar-refractivity contribution < 1.29 is 8.42 Å². The van der Waals surface area contributed by atoms with Crippen LogP contribution in [0.3, 0.4) is 0 Å². The maximum atomic E-state index is 12.8. The van der Waals surface area contributed by atoms with Crippen molar-refractivity contribution in [2.45, 2.75) is 51.0 Å². The molecule has 20 heavy (non-hydrogen) atoms. The molecule has 0 unspecified atom stereocenters. The van der Waals surface area contributed by atoms with Crippen LogP contribution in [0.4, 0.5) is 0 Å². The minimum absolute atomic E-state index is 0.241. The van der Waals surface area contributed by atoms with Crippen LogP contribution in [0.2, 0.25) is 0 Å². The van der Waals surface area contributed by atoms with E-state index in [0.717, 1.165) is 25.7 Å². The van der Waals surface area contributed by atoms with Crippen molar-refractivity contribution in [3.63, 3.8) is 0 Å². The molecule has 0 spiro atoms. The first-order chi connectivity index (χ1) is 9.57. The van der Waals surface area contributed by atoms with Gasteiger partial charge in [-0.1, -0.05) is 44.9 Å². The molecule has 0 aromatic heterocycles. The van der Waals surface area contributed by atoms with Gasteiger partial charge in [0.1, 0.15) is 0 Å². The quantitative estimate of drug-likeness (QED) is 0.762. The number of hydrogen-bond donors (Lipinski definition) is 1. The highest BCUT2D eigenvalue weighted by Crippen LogP contribution is 2.21. The Morgan fingerprint density at radius 3 is 2.10 bits per heavy atom.